The van der Waals surface area contributed by atoms with Crippen molar-refractivity contribution >= 4 is 17.5 Å². The van der Waals surface area contributed by atoms with Crippen molar-refractivity contribution in [2.24, 2.45) is 0 Å². The lowest BCUT2D eigenvalue weighted by atomic mass is 10.0. The lowest BCUT2D eigenvalue weighted by Gasteiger charge is -2.28. The first-order valence-electron chi connectivity index (χ1n) is 6.06. The van der Waals surface area contributed by atoms with Gasteiger partial charge in [0.1, 0.15) is 0 Å². The Morgan fingerprint density at radius 3 is 2.70 bits per heavy atom. The van der Waals surface area contributed by atoms with Gasteiger partial charge in [-0.1, -0.05) is 23.7 Å². The van der Waals surface area contributed by atoms with E-state index in [4.69, 9.17) is 11.6 Å². The fourth-order valence-corrected chi connectivity index (χ4v) is 2.55. The van der Waals surface area contributed by atoms with Gasteiger partial charge >= 0.3 is 12.3 Å². The Morgan fingerprint density at radius 1 is 1.40 bits per heavy atom. The first kappa shape index (κ1) is 15.1. The highest BCUT2D eigenvalue weighted by atomic mass is 35.5. The van der Waals surface area contributed by atoms with Crippen molar-refractivity contribution in [3.63, 3.8) is 0 Å². The number of nitrogens with zero attached hydrogens (tertiary/aromatic N) is 1. The molecule has 2 nitrogen and oxygen atoms in total. The van der Waals surface area contributed by atoms with Crippen molar-refractivity contribution in [3.05, 3.63) is 34.9 Å². The summed E-state index contributed by atoms with van der Waals surface area (Å²) in [5.41, 5.74) is 0.577. The van der Waals surface area contributed by atoms with Gasteiger partial charge in [-0.25, -0.2) is 8.78 Å². The molecule has 1 heterocycles. The van der Waals surface area contributed by atoms with Crippen molar-refractivity contribution in [1.82, 2.24) is 4.90 Å². The highest BCUT2D eigenvalue weighted by Gasteiger charge is 2.53. The fraction of sp³-hybridized carbons (Fsp3) is 0.462. The summed E-state index contributed by atoms with van der Waals surface area (Å²) in [5.74, 6) is -6.48. The Balaban J connectivity index is 2.26. The zero-order valence-corrected chi connectivity index (χ0v) is 11.1. The van der Waals surface area contributed by atoms with E-state index < -0.39 is 24.3 Å². The van der Waals surface area contributed by atoms with E-state index >= 15 is 0 Å². The van der Waals surface area contributed by atoms with Crippen LogP contribution >= 0.6 is 11.6 Å². The van der Waals surface area contributed by atoms with E-state index in [9.17, 15) is 22.4 Å². The van der Waals surface area contributed by atoms with E-state index in [2.05, 4.69) is 0 Å². The van der Waals surface area contributed by atoms with E-state index in [1.807, 2.05) is 0 Å². The van der Waals surface area contributed by atoms with Crippen LogP contribution in [0.25, 0.3) is 0 Å². The van der Waals surface area contributed by atoms with Crippen LogP contribution < -0.4 is 0 Å². The van der Waals surface area contributed by atoms with Crippen LogP contribution in [-0.4, -0.2) is 29.7 Å². The summed E-state index contributed by atoms with van der Waals surface area (Å²) in [4.78, 5) is 12.5. The van der Waals surface area contributed by atoms with Gasteiger partial charge in [-0.3, -0.25) is 4.79 Å². The van der Waals surface area contributed by atoms with Crippen molar-refractivity contribution < 1.29 is 22.4 Å². The van der Waals surface area contributed by atoms with E-state index in [1.54, 1.807) is 24.3 Å². The number of amides is 1. The maximum atomic E-state index is 13.2. The lowest BCUT2D eigenvalue weighted by Crippen LogP contribution is -2.47. The van der Waals surface area contributed by atoms with Gasteiger partial charge in [-0.05, 0) is 30.5 Å². The molecule has 2 rings (SSSR count). The largest absolute Gasteiger partial charge is 0.383 e. The number of carbonyl (C=O) groups excluding carboxylic acids is 1. The minimum atomic E-state index is -4.65. The molecule has 0 spiro atoms. The molecule has 7 heteroatoms. The second-order valence-corrected chi connectivity index (χ2v) is 5.07. The van der Waals surface area contributed by atoms with E-state index in [0.29, 0.717) is 23.4 Å². The molecular formula is C13H12ClF4NO. The van der Waals surface area contributed by atoms with Crippen molar-refractivity contribution in [2.45, 2.75) is 31.2 Å². The predicted molar refractivity (Wildman–Crippen MR) is 66.1 cm³/mol. The molecule has 1 amide bonds. The molecule has 1 aliphatic heterocycles. The zero-order chi connectivity index (χ0) is 14.9. The standard InChI is InChI=1S/C13H12ClF4NO/c14-9-4-1-3-8(7-9)10-5-2-6-19(10)12(20)13(17,18)11(15)16/h1,3-4,7,10-11H,2,5-6H2. The third-order valence-corrected chi connectivity index (χ3v) is 3.54. The number of likely N-dealkylation sites (tertiary alicyclic amines) is 1. The number of hydrogen-bond donors (Lipinski definition) is 0. The lowest BCUT2D eigenvalue weighted by molar-refractivity contribution is -0.181. The van der Waals surface area contributed by atoms with Gasteiger partial charge < -0.3 is 4.90 Å². The van der Waals surface area contributed by atoms with Crippen molar-refractivity contribution in [3.8, 4) is 0 Å². The van der Waals surface area contributed by atoms with Crippen LogP contribution in [-0.2, 0) is 4.79 Å². The van der Waals surface area contributed by atoms with Crippen LogP contribution in [0.4, 0.5) is 17.6 Å². The molecule has 110 valence electrons. The molecule has 0 aliphatic carbocycles. The Kier molecular flexibility index (Phi) is 4.22. The summed E-state index contributed by atoms with van der Waals surface area (Å²) >= 11 is 5.82. The van der Waals surface area contributed by atoms with Gasteiger partial charge in [0.05, 0.1) is 6.04 Å². The molecule has 0 radical (unpaired) electrons. The van der Waals surface area contributed by atoms with Gasteiger partial charge in [-0.2, -0.15) is 8.78 Å². The summed E-state index contributed by atoms with van der Waals surface area (Å²) in [5, 5.41) is 0.405. The molecule has 1 saturated heterocycles. The van der Waals surface area contributed by atoms with Gasteiger partial charge in [0.2, 0.25) is 0 Å². The number of hydrogen-bond acceptors (Lipinski definition) is 1. The summed E-state index contributed by atoms with van der Waals surface area (Å²) in [6.45, 7) is 0.0400. The van der Waals surface area contributed by atoms with Gasteiger partial charge in [-0.15, -0.1) is 0 Å². The topological polar surface area (TPSA) is 20.3 Å². The maximum Gasteiger partial charge on any atom is 0.383 e. The number of halogens is 5. The van der Waals surface area contributed by atoms with Crippen LogP contribution in [0, 0.1) is 0 Å². The van der Waals surface area contributed by atoms with Crippen LogP contribution in [0.5, 0.6) is 0 Å². The number of benzene rings is 1. The zero-order valence-electron chi connectivity index (χ0n) is 10.3. The van der Waals surface area contributed by atoms with Gasteiger partial charge in [0.15, 0.2) is 0 Å². The molecule has 1 aromatic rings. The highest BCUT2D eigenvalue weighted by Crippen LogP contribution is 2.37. The van der Waals surface area contributed by atoms with Gasteiger partial charge in [0, 0.05) is 11.6 Å². The van der Waals surface area contributed by atoms with E-state index in [0.717, 1.165) is 4.90 Å². The molecule has 0 bridgehead atoms. The molecule has 20 heavy (non-hydrogen) atoms. The van der Waals surface area contributed by atoms with Gasteiger partial charge in [0.25, 0.3) is 5.91 Å². The Morgan fingerprint density at radius 2 is 2.10 bits per heavy atom. The van der Waals surface area contributed by atoms with Crippen molar-refractivity contribution in [2.75, 3.05) is 6.54 Å². The van der Waals surface area contributed by atoms with Crippen LogP contribution in [0.3, 0.4) is 0 Å². The highest BCUT2D eigenvalue weighted by molar-refractivity contribution is 6.30. The third-order valence-electron chi connectivity index (χ3n) is 3.31. The smallest absolute Gasteiger partial charge is 0.330 e. The van der Waals surface area contributed by atoms with E-state index in [1.165, 1.54) is 0 Å². The Labute approximate surface area is 118 Å². The minimum Gasteiger partial charge on any atom is -0.330 e. The molecule has 1 atom stereocenters. The van der Waals surface area contributed by atoms with Crippen molar-refractivity contribution in [1.29, 1.82) is 0 Å². The average Bonchev–Trinajstić information content (AvgIpc) is 2.86. The fourth-order valence-electron chi connectivity index (χ4n) is 2.36. The molecule has 0 saturated carbocycles. The molecule has 1 aromatic carbocycles. The molecule has 0 aromatic heterocycles. The second kappa shape index (κ2) is 5.60. The Hall–Kier alpha value is -1.30. The normalized spacial score (nSPS) is 19.7. The summed E-state index contributed by atoms with van der Waals surface area (Å²) in [6, 6.07) is 5.80. The predicted octanol–water partition coefficient (Wildman–Crippen LogP) is 3.90. The van der Waals surface area contributed by atoms with Crippen LogP contribution in [0.15, 0.2) is 24.3 Å². The molecule has 0 N–H and O–H groups in total. The molecule has 1 fully saturated rings. The minimum absolute atomic E-state index is 0.0400. The molecule has 1 unspecified atom stereocenters. The number of rotatable bonds is 3. The molecular weight excluding hydrogens is 298 g/mol. The number of carbonyl (C=O) groups is 1. The van der Waals surface area contributed by atoms with Crippen LogP contribution in [0.1, 0.15) is 24.4 Å². The van der Waals surface area contributed by atoms with Crippen LogP contribution in [0.2, 0.25) is 5.02 Å². The monoisotopic (exact) mass is 309 g/mol. The first-order chi connectivity index (χ1) is 9.34. The second-order valence-electron chi connectivity index (χ2n) is 4.64. The van der Waals surface area contributed by atoms with E-state index in [-0.39, 0.29) is 6.54 Å². The molecule has 1 aliphatic rings. The first-order valence-corrected chi connectivity index (χ1v) is 6.44. The summed E-state index contributed by atoms with van der Waals surface area (Å²) in [7, 11) is 0. The average molecular weight is 310 g/mol. The summed E-state index contributed by atoms with van der Waals surface area (Å²) in [6.07, 6.45) is -3.07. The maximum absolute atomic E-state index is 13.2. The summed E-state index contributed by atoms with van der Waals surface area (Å²) < 4.78 is 51.0. The Bertz CT molecular complexity index is 509. The number of alkyl halides is 4. The third kappa shape index (κ3) is 2.75. The quantitative estimate of drug-likeness (QED) is 0.775. The SMILES string of the molecule is O=C(N1CCCC1c1cccc(Cl)c1)C(F)(F)C(F)F.